The van der Waals surface area contributed by atoms with Crippen LogP contribution in [0.1, 0.15) is 87.7 Å². The minimum atomic E-state index is 0. The summed E-state index contributed by atoms with van der Waals surface area (Å²) in [6, 6.07) is 38.8. The zero-order chi connectivity index (χ0) is 34.1. The van der Waals surface area contributed by atoms with E-state index in [2.05, 4.69) is 119 Å². The van der Waals surface area contributed by atoms with Gasteiger partial charge in [-0.2, -0.15) is 17.2 Å². The maximum absolute atomic E-state index is 6.49. The minimum Gasteiger partial charge on any atom is -0.509 e. The Labute approximate surface area is 310 Å². The standard InChI is InChI=1S/C44H44N4O.Pt/c1-7-8-10-14-30(4)35-19-22-41-40(25-35)39-21-20-38(28-42(39)47(41)43-26-34(29(2)3)23-24-45-43)49-37-18-13-17-36(27-37)48-32(6)44(31(5)46-48)33-15-11-9-12-16-33;/h9,11-13,15-26,29-30H,7-8,10,14H2,1-6H3;/q-2;+2. The number of rotatable bonds is 11. The van der Waals surface area contributed by atoms with E-state index in [1.807, 2.05) is 41.2 Å². The Morgan fingerprint density at radius 2 is 1.58 bits per heavy atom. The first kappa shape index (κ1) is 35.4. The van der Waals surface area contributed by atoms with Crippen molar-refractivity contribution in [2.75, 3.05) is 0 Å². The number of benzene rings is 4. The topological polar surface area (TPSA) is 44.9 Å². The molecule has 6 heteroatoms. The summed E-state index contributed by atoms with van der Waals surface area (Å²) >= 11 is 0. The fraction of sp³-hybridized carbons (Fsp3) is 0.273. The third-order valence-corrected chi connectivity index (χ3v) is 9.70. The predicted molar refractivity (Wildman–Crippen MR) is 201 cm³/mol. The molecule has 4 aromatic carbocycles. The average molecular weight is 840 g/mol. The fourth-order valence-corrected chi connectivity index (χ4v) is 6.97. The number of hydrogen-bond acceptors (Lipinski definition) is 3. The van der Waals surface area contributed by atoms with Crippen LogP contribution in [0.15, 0.2) is 97.2 Å². The Morgan fingerprint density at radius 1 is 0.780 bits per heavy atom. The minimum absolute atomic E-state index is 0. The van der Waals surface area contributed by atoms with Gasteiger partial charge >= 0.3 is 21.1 Å². The molecule has 0 N–H and O–H groups in total. The molecule has 0 saturated heterocycles. The van der Waals surface area contributed by atoms with Crippen LogP contribution in [0.3, 0.4) is 0 Å². The van der Waals surface area contributed by atoms with Crippen LogP contribution < -0.4 is 4.74 Å². The zero-order valence-corrected chi connectivity index (χ0v) is 32.0. The molecule has 0 fully saturated rings. The SMILES string of the molecule is CCCCCC(C)c1ccc2c(c1)c1ccc(Oc3[c-]c(-n4nc(C)c(-c5ccccc5)c4C)ccc3)[c-]c1n2-c1cc(C(C)C)ccn1.[Pt+2]. The molecule has 7 rings (SSSR count). The Morgan fingerprint density at radius 3 is 2.36 bits per heavy atom. The van der Waals surface area contributed by atoms with Gasteiger partial charge in [0.2, 0.25) is 0 Å². The van der Waals surface area contributed by atoms with Gasteiger partial charge < -0.3 is 9.30 Å². The molecule has 0 spiro atoms. The molecule has 0 amide bonds. The summed E-state index contributed by atoms with van der Waals surface area (Å²) in [5.41, 5.74) is 9.84. The van der Waals surface area contributed by atoms with Gasteiger partial charge in [-0.3, -0.25) is 4.68 Å². The van der Waals surface area contributed by atoms with Crippen LogP contribution in [-0.4, -0.2) is 19.3 Å². The quantitative estimate of drug-likeness (QED) is 0.0963. The van der Waals surface area contributed by atoms with E-state index < -0.39 is 0 Å². The molecule has 3 aromatic heterocycles. The van der Waals surface area contributed by atoms with Gasteiger partial charge in [0, 0.05) is 34.5 Å². The molecule has 1 atom stereocenters. The summed E-state index contributed by atoms with van der Waals surface area (Å²) in [7, 11) is 0. The predicted octanol–water partition coefficient (Wildman–Crippen LogP) is 11.8. The van der Waals surface area contributed by atoms with E-state index in [0.29, 0.717) is 23.3 Å². The molecular formula is C44H44N4OPt. The second-order valence-corrected chi connectivity index (χ2v) is 13.5. The summed E-state index contributed by atoms with van der Waals surface area (Å²) in [5.74, 6) is 3.00. The van der Waals surface area contributed by atoms with Gasteiger partial charge in [-0.25, -0.2) is 4.98 Å². The van der Waals surface area contributed by atoms with Crippen LogP contribution >= 0.6 is 0 Å². The summed E-state index contributed by atoms with van der Waals surface area (Å²) < 4.78 is 10.7. The van der Waals surface area contributed by atoms with Crippen molar-refractivity contribution in [1.29, 1.82) is 0 Å². The van der Waals surface area contributed by atoms with Crippen molar-refractivity contribution in [3.8, 4) is 34.1 Å². The van der Waals surface area contributed by atoms with Crippen LogP contribution in [0.25, 0.3) is 44.4 Å². The Bertz CT molecular complexity index is 2250. The fourth-order valence-electron chi connectivity index (χ4n) is 6.97. The molecule has 5 nitrogen and oxygen atoms in total. The second-order valence-electron chi connectivity index (χ2n) is 13.5. The maximum Gasteiger partial charge on any atom is 2.00 e. The molecule has 1 unspecified atom stereocenters. The van der Waals surface area contributed by atoms with Gasteiger partial charge in [-0.1, -0.05) is 94.9 Å². The number of hydrogen-bond donors (Lipinski definition) is 0. The van der Waals surface area contributed by atoms with Gasteiger partial charge in [0.15, 0.2) is 0 Å². The smallest absolute Gasteiger partial charge is 0.509 e. The third-order valence-electron chi connectivity index (χ3n) is 9.70. The average Bonchev–Trinajstić information content (AvgIpc) is 3.60. The van der Waals surface area contributed by atoms with Crippen molar-refractivity contribution >= 4 is 21.8 Å². The molecule has 0 bridgehead atoms. The number of aromatic nitrogens is 4. The van der Waals surface area contributed by atoms with Gasteiger partial charge in [0.05, 0.1) is 5.69 Å². The Hall–Kier alpha value is -4.47. The zero-order valence-electron chi connectivity index (χ0n) is 29.7. The molecule has 50 heavy (non-hydrogen) atoms. The van der Waals surface area contributed by atoms with Gasteiger partial charge in [0.25, 0.3) is 0 Å². The van der Waals surface area contributed by atoms with Gasteiger partial charge in [0.1, 0.15) is 5.82 Å². The summed E-state index contributed by atoms with van der Waals surface area (Å²) in [6.45, 7) is 13.2. The second kappa shape index (κ2) is 15.2. The molecule has 0 aliphatic rings. The van der Waals surface area contributed by atoms with Crippen LogP contribution in [0.2, 0.25) is 0 Å². The van der Waals surface area contributed by atoms with Crippen molar-refractivity contribution in [2.24, 2.45) is 0 Å². The summed E-state index contributed by atoms with van der Waals surface area (Å²) in [4.78, 5) is 4.86. The molecule has 256 valence electrons. The third kappa shape index (κ3) is 6.94. The van der Waals surface area contributed by atoms with E-state index in [0.717, 1.165) is 50.4 Å². The van der Waals surface area contributed by atoms with E-state index in [4.69, 9.17) is 14.8 Å². The number of nitrogens with zero attached hydrogens (tertiary/aromatic N) is 4. The normalized spacial score (nSPS) is 12.1. The maximum atomic E-state index is 6.49. The van der Waals surface area contributed by atoms with Crippen LogP contribution in [0, 0.1) is 26.0 Å². The van der Waals surface area contributed by atoms with Crippen LogP contribution in [0.5, 0.6) is 11.5 Å². The van der Waals surface area contributed by atoms with E-state index in [1.54, 1.807) is 0 Å². The number of ether oxygens (including phenoxy) is 1. The van der Waals surface area contributed by atoms with Crippen molar-refractivity contribution in [1.82, 2.24) is 19.3 Å². The van der Waals surface area contributed by atoms with Crippen molar-refractivity contribution in [2.45, 2.75) is 79.1 Å². The number of pyridine rings is 1. The van der Waals surface area contributed by atoms with Crippen molar-refractivity contribution in [3.63, 3.8) is 0 Å². The molecule has 3 heterocycles. The molecular weight excluding hydrogens is 796 g/mol. The monoisotopic (exact) mass is 839 g/mol. The molecule has 0 saturated carbocycles. The summed E-state index contributed by atoms with van der Waals surface area (Å²) in [6.07, 6.45) is 6.87. The first-order valence-electron chi connectivity index (χ1n) is 17.6. The largest absolute Gasteiger partial charge is 2.00 e. The molecule has 0 radical (unpaired) electrons. The van der Waals surface area contributed by atoms with Crippen molar-refractivity contribution in [3.05, 3.63) is 132 Å². The van der Waals surface area contributed by atoms with E-state index in [1.165, 1.54) is 42.2 Å². The number of aryl methyl sites for hydroxylation is 1. The van der Waals surface area contributed by atoms with Gasteiger partial charge in [-0.15, -0.1) is 35.7 Å². The molecule has 0 aliphatic heterocycles. The van der Waals surface area contributed by atoms with E-state index >= 15 is 0 Å². The van der Waals surface area contributed by atoms with Gasteiger partial charge in [-0.05, 0) is 78.1 Å². The molecule has 7 aromatic rings. The first-order valence-corrected chi connectivity index (χ1v) is 17.6. The number of unbranched alkanes of at least 4 members (excludes halogenated alkanes) is 2. The molecule has 0 aliphatic carbocycles. The van der Waals surface area contributed by atoms with E-state index in [-0.39, 0.29) is 21.1 Å². The summed E-state index contributed by atoms with van der Waals surface area (Å²) in [5, 5.41) is 7.23. The number of fused-ring (bicyclic) bond motifs is 3. The van der Waals surface area contributed by atoms with Crippen LogP contribution in [-0.2, 0) is 21.1 Å². The Balaban J connectivity index is 0.00000432. The van der Waals surface area contributed by atoms with Crippen LogP contribution in [0.4, 0.5) is 0 Å². The van der Waals surface area contributed by atoms with E-state index in [9.17, 15) is 0 Å². The Kier molecular flexibility index (Phi) is 10.7. The first-order chi connectivity index (χ1) is 23.8. The van der Waals surface area contributed by atoms with Crippen molar-refractivity contribution < 1.29 is 25.8 Å².